The molecule has 2 aromatic rings. The lowest BCUT2D eigenvalue weighted by Crippen LogP contribution is -2.50. The largest absolute Gasteiger partial charge is 0.315 e. The quantitative estimate of drug-likeness (QED) is 0.706. The summed E-state index contributed by atoms with van der Waals surface area (Å²) in [5.41, 5.74) is 2.49. The third-order valence-electron chi connectivity index (χ3n) is 5.63. The third-order valence-corrected chi connectivity index (χ3v) is 7.66. The number of hydrogen-bond acceptors (Lipinski definition) is 3. The molecule has 1 aliphatic carbocycles. The van der Waals surface area contributed by atoms with Gasteiger partial charge in [-0.15, -0.1) is 11.8 Å². The number of hydrogen-bond donors (Lipinski definition) is 0. The van der Waals surface area contributed by atoms with Gasteiger partial charge in [0.1, 0.15) is 0 Å². The molecule has 5 rings (SSSR count). The Morgan fingerprint density at radius 1 is 1.18 bits per heavy atom. The Bertz CT molecular complexity index is 994. The maximum Gasteiger partial charge on any atom is 0.268 e. The monoisotopic (exact) mass is 432 g/mol. The van der Waals surface area contributed by atoms with Crippen LogP contribution in [0.1, 0.15) is 24.0 Å². The molecule has 1 saturated carbocycles. The summed E-state index contributed by atoms with van der Waals surface area (Å²) in [5.74, 6) is 0.796. The zero-order valence-electron chi connectivity index (χ0n) is 15.0. The van der Waals surface area contributed by atoms with Crippen LogP contribution in [-0.2, 0) is 21.0 Å². The number of halogens is 2. The highest BCUT2D eigenvalue weighted by Crippen LogP contribution is 2.56. The Kier molecular flexibility index (Phi) is 4.38. The summed E-state index contributed by atoms with van der Waals surface area (Å²) in [6.45, 7) is 0.943. The van der Waals surface area contributed by atoms with E-state index in [2.05, 4.69) is 0 Å². The van der Waals surface area contributed by atoms with Crippen molar-refractivity contribution in [3.63, 3.8) is 0 Å². The Morgan fingerprint density at radius 3 is 2.71 bits per heavy atom. The molecule has 144 valence electrons. The lowest BCUT2D eigenvalue weighted by molar-refractivity contribution is -0.141. The fraction of sp³-hybridized carbons (Fsp3) is 0.333. The fourth-order valence-corrected chi connectivity index (χ4v) is 5.94. The molecule has 0 N–H and O–H groups in total. The molecular weight excluding hydrogens is 415 g/mol. The standard InChI is InChI=1S/C21H18Cl2N2O2S/c22-15-7-8-18-16(11-15)21(25(9-10-28-21)19(26)13-5-6-13)20(27)24(18)12-14-3-1-2-4-17(14)23/h1-4,7-8,11,13H,5-6,9-10,12H2. The molecule has 1 spiro atoms. The highest BCUT2D eigenvalue weighted by molar-refractivity contribution is 8.01. The predicted octanol–water partition coefficient (Wildman–Crippen LogP) is 4.68. The van der Waals surface area contributed by atoms with Crippen molar-refractivity contribution in [3.8, 4) is 0 Å². The third kappa shape index (κ3) is 2.67. The Hall–Kier alpha value is -1.69. The van der Waals surface area contributed by atoms with Gasteiger partial charge in [-0.2, -0.15) is 0 Å². The van der Waals surface area contributed by atoms with Crippen molar-refractivity contribution >= 4 is 52.5 Å². The molecule has 2 heterocycles. The minimum Gasteiger partial charge on any atom is -0.315 e. The zero-order chi connectivity index (χ0) is 19.5. The molecule has 0 aromatic heterocycles. The minimum atomic E-state index is -1.01. The van der Waals surface area contributed by atoms with Crippen LogP contribution < -0.4 is 4.90 Å². The number of benzene rings is 2. The van der Waals surface area contributed by atoms with Crippen LogP contribution in [0, 0.1) is 5.92 Å². The Labute approximate surface area is 177 Å². The highest BCUT2D eigenvalue weighted by Gasteiger charge is 2.60. The zero-order valence-corrected chi connectivity index (χ0v) is 17.4. The van der Waals surface area contributed by atoms with Gasteiger partial charge in [0.05, 0.1) is 12.2 Å². The van der Waals surface area contributed by atoms with Gasteiger partial charge in [0.25, 0.3) is 5.91 Å². The van der Waals surface area contributed by atoms with Crippen LogP contribution in [-0.4, -0.2) is 29.0 Å². The van der Waals surface area contributed by atoms with E-state index in [9.17, 15) is 9.59 Å². The Morgan fingerprint density at radius 2 is 1.96 bits per heavy atom. The second-order valence-corrected chi connectivity index (χ2v) is 9.53. The van der Waals surface area contributed by atoms with Gasteiger partial charge in [0, 0.05) is 33.8 Å². The average molecular weight is 433 g/mol. The van der Waals surface area contributed by atoms with Gasteiger partial charge in [0.2, 0.25) is 5.91 Å². The predicted molar refractivity (Wildman–Crippen MR) is 113 cm³/mol. The summed E-state index contributed by atoms with van der Waals surface area (Å²) in [6.07, 6.45) is 1.83. The molecule has 2 aliphatic heterocycles. The van der Waals surface area contributed by atoms with Gasteiger partial charge in [-0.05, 0) is 42.7 Å². The van der Waals surface area contributed by atoms with Crippen molar-refractivity contribution in [2.75, 3.05) is 17.2 Å². The van der Waals surface area contributed by atoms with Gasteiger partial charge in [-0.1, -0.05) is 41.4 Å². The van der Waals surface area contributed by atoms with E-state index in [4.69, 9.17) is 23.2 Å². The second-order valence-electron chi connectivity index (χ2n) is 7.40. The number of nitrogens with zero attached hydrogens (tertiary/aromatic N) is 2. The lowest BCUT2D eigenvalue weighted by Gasteiger charge is -2.33. The molecule has 4 nitrogen and oxygen atoms in total. The first-order valence-corrected chi connectivity index (χ1v) is 11.1. The van der Waals surface area contributed by atoms with Crippen LogP contribution in [0.4, 0.5) is 5.69 Å². The minimum absolute atomic E-state index is 0.0589. The van der Waals surface area contributed by atoms with Crippen molar-refractivity contribution in [1.82, 2.24) is 4.90 Å². The van der Waals surface area contributed by atoms with E-state index in [1.807, 2.05) is 36.4 Å². The molecule has 2 amide bonds. The average Bonchev–Trinajstić information content (AvgIpc) is 3.40. The van der Waals surface area contributed by atoms with E-state index in [0.717, 1.165) is 35.4 Å². The van der Waals surface area contributed by atoms with E-state index < -0.39 is 4.87 Å². The van der Waals surface area contributed by atoms with Crippen LogP contribution >= 0.6 is 35.0 Å². The van der Waals surface area contributed by atoms with E-state index in [1.54, 1.807) is 15.9 Å². The first-order chi connectivity index (χ1) is 13.5. The summed E-state index contributed by atoms with van der Waals surface area (Å²) in [5, 5.41) is 1.19. The van der Waals surface area contributed by atoms with Crippen molar-refractivity contribution < 1.29 is 9.59 Å². The second kappa shape index (κ2) is 6.68. The first-order valence-electron chi connectivity index (χ1n) is 9.33. The molecular formula is C21H18Cl2N2O2S. The number of carbonyl (C=O) groups is 2. The smallest absolute Gasteiger partial charge is 0.268 e. The summed E-state index contributed by atoms with van der Waals surface area (Å²) in [4.78, 5) is 29.3. The molecule has 2 fully saturated rings. The maximum absolute atomic E-state index is 13.8. The summed E-state index contributed by atoms with van der Waals surface area (Å²) >= 11 is 14.2. The van der Waals surface area contributed by atoms with Crippen molar-refractivity contribution in [3.05, 3.63) is 63.6 Å². The van der Waals surface area contributed by atoms with Crippen molar-refractivity contribution in [2.24, 2.45) is 5.92 Å². The van der Waals surface area contributed by atoms with Crippen molar-refractivity contribution in [1.29, 1.82) is 0 Å². The lowest BCUT2D eigenvalue weighted by atomic mass is 10.1. The van der Waals surface area contributed by atoms with E-state index in [0.29, 0.717) is 23.1 Å². The SMILES string of the molecule is O=C(C1CC1)N1CCSC12C(=O)N(Cc1ccccc1Cl)c1ccc(Cl)cc12. The molecule has 1 saturated heterocycles. The van der Waals surface area contributed by atoms with E-state index in [-0.39, 0.29) is 17.7 Å². The van der Waals surface area contributed by atoms with Crippen LogP contribution in [0.2, 0.25) is 10.0 Å². The van der Waals surface area contributed by atoms with Gasteiger partial charge in [0.15, 0.2) is 4.87 Å². The maximum atomic E-state index is 13.8. The molecule has 3 aliphatic rings. The fourth-order valence-electron chi connectivity index (χ4n) is 4.11. The van der Waals surface area contributed by atoms with Crippen LogP contribution in [0.5, 0.6) is 0 Å². The molecule has 0 bridgehead atoms. The Balaban J connectivity index is 1.61. The van der Waals surface area contributed by atoms with Gasteiger partial charge in [-0.25, -0.2) is 0 Å². The van der Waals surface area contributed by atoms with Gasteiger partial charge in [-0.3, -0.25) is 9.59 Å². The van der Waals surface area contributed by atoms with Crippen LogP contribution in [0.15, 0.2) is 42.5 Å². The van der Waals surface area contributed by atoms with E-state index >= 15 is 0 Å². The summed E-state index contributed by atoms with van der Waals surface area (Å²) in [6, 6.07) is 13.0. The molecule has 1 unspecified atom stereocenters. The summed E-state index contributed by atoms with van der Waals surface area (Å²) < 4.78 is 0. The van der Waals surface area contributed by atoms with E-state index in [1.165, 1.54) is 11.8 Å². The normalized spacial score (nSPS) is 23.6. The van der Waals surface area contributed by atoms with Gasteiger partial charge < -0.3 is 9.80 Å². The number of thioether (sulfide) groups is 1. The number of carbonyl (C=O) groups excluding carboxylic acids is 2. The summed E-state index contributed by atoms with van der Waals surface area (Å²) in [7, 11) is 0. The molecule has 1 atom stereocenters. The number of rotatable bonds is 3. The van der Waals surface area contributed by atoms with Crippen LogP contribution in [0.3, 0.4) is 0 Å². The van der Waals surface area contributed by atoms with Gasteiger partial charge >= 0.3 is 0 Å². The number of amides is 2. The molecule has 2 aromatic carbocycles. The molecule has 28 heavy (non-hydrogen) atoms. The van der Waals surface area contributed by atoms with Crippen molar-refractivity contribution in [2.45, 2.75) is 24.3 Å². The van der Waals surface area contributed by atoms with Crippen LogP contribution in [0.25, 0.3) is 0 Å². The first kappa shape index (κ1) is 18.3. The highest BCUT2D eigenvalue weighted by atomic mass is 35.5. The number of fused-ring (bicyclic) bond motifs is 2. The number of anilines is 1. The molecule has 7 heteroatoms. The molecule has 0 radical (unpaired) electrons. The topological polar surface area (TPSA) is 40.6 Å².